The second-order valence-electron chi connectivity index (χ2n) is 8.42. The van der Waals surface area contributed by atoms with Crippen molar-refractivity contribution in [3.8, 4) is 5.75 Å². The molecule has 3 rings (SSSR count). The van der Waals surface area contributed by atoms with Gasteiger partial charge in [0.2, 0.25) is 0 Å². The zero-order valence-electron chi connectivity index (χ0n) is 19.0. The number of ether oxygens (including phenoxy) is 3. The number of hydrogen-bond donors (Lipinski definition) is 0. The second-order valence-corrected chi connectivity index (χ2v) is 8.42. The van der Waals surface area contributed by atoms with Crippen LogP contribution in [0.15, 0.2) is 54.6 Å². The monoisotopic (exact) mass is 436 g/mol. The van der Waals surface area contributed by atoms with E-state index >= 15 is 0 Å². The largest absolute Gasteiger partial charge is 0.487 e. The van der Waals surface area contributed by atoms with Crippen molar-refractivity contribution in [3.05, 3.63) is 82.7 Å². The quantitative estimate of drug-likeness (QED) is 0.512. The minimum atomic E-state index is -0.386. The molecule has 1 heterocycles. The first kappa shape index (κ1) is 23.1. The molecule has 0 radical (unpaired) electrons. The third kappa shape index (κ3) is 5.55. The number of aromatic nitrogens is 2. The fraction of sp³-hybridized carbons (Fsp3) is 0.320. The fourth-order valence-electron chi connectivity index (χ4n) is 3.07. The second kappa shape index (κ2) is 9.68. The summed E-state index contributed by atoms with van der Waals surface area (Å²) in [5, 5.41) is 4.79. The van der Waals surface area contributed by atoms with Gasteiger partial charge in [-0.1, -0.05) is 32.9 Å². The zero-order chi connectivity index (χ0) is 23.3. The number of hydrogen-bond acceptors (Lipinski definition) is 6. The molecule has 0 N–H and O–H groups in total. The number of benzene rings is 2. The van der Waals surface area contributed by atoms with Crippen LogP contribution in [0.2, 0.25) is 0 Å². The number of carbonyl (C=O) groups is 2. The van der Waals surface area contributed by atoms with Crippen LogP contribution in [0.3, 0.4) is 0 Å². The van der Waals surface area contributed by atoms with Gasteiger partial charge in [0.05, 0.1) is 43.3 Å². The molecule has 3 aromatic rings. The summed E-state index contributed by atoms with van der Waals surface area (Å²) in [5.74, 6) is -0.106. The Kier molecular flexibility index (Phi) is 6.98. The summed E-state index contributed by atoms with van der Waals surface area (Å²) in [4.78, 5) is 23.3. The molecule has 0 atom stereocenters. The molecule has 0 unspecified atom stereocenters. The summed E-state index contributed by atoms with van der Waals surface area (Å²) in [6.07, 6.45) is 0. The predicted octanol–water partition coefficient (Wildman–Crippen LogP) is 4.38. The molecule has 0 spiro atoms. The molecule has 32 heavy (non-hydrogen) atoms. The Morgan fingerprint density at radius 3 is 1.91 bits per heavy atom. The van der Waals surface area contributed by atoms with Crippen molar-refractivity contribution in [1.29, 1.82) is 0 Å². The molecule has 7 nitrogen and oxygen atoms in total. The summed E-state index contributed by atoms with van der Waals surface area (Å²) in [6, 6.07) is 16.1. The Balaban J connectivity index is 1.78. The molecular weight excluding hydrogens is 408 g/mol. The van der Waals surface area contributed by atoms with Crippen LogP contribution in [0.4, 0.5) is 0 Å². The molecule has 168 valence electrons. The summed E-state index contributed by atoms with van der Waals surface area (Å²) in [6.45, 7) is 7.20. The van der Waals surface area contributed by atoms with Gasteiger partial charge in [-0.25, -0.2) is 9.59 Å². The SMILES string of the molecule is COC(=O)c1ccc(Cn2nc(C(C)(C)C)cc2COc2ccc(C(=O)OC)cc2)cc1. The lowest BCUT2D eigenvalue weighted by atomic mass is 9.92. The van der Waals surface area contributed by atoms with E-state index in [0.717, 1.165) is 17.0 Å². The third-order valence-electron chi connectivity index (χ3n) is 5.00. The Bertz CT molecular complexity index is 1080. The Labute approximate surface area is 187 Å². The Hall–Kier alpha value is -3.61. The smallest absolute Gasteiger partial charge is 0.337 e. The lowest BCUT2D eigenvalue weighted by Gasteiger charge is -2.14. The third-order valence-corrected chi connectivity index (χ3v) is 5.00. The van der Waals surface area contributed by atoms with Gasteiger partial charge in [0, 0.05) is 5.41 Å². The molecule has 0 aliphatic carbocycles. The molecule has 0 saturated heterocycles. The summed E-state index contributed by atoms with van der Waals surface area (Å²) < 4.78 is 17.3. The first-order chi connectivity index (χ1) is 15.2. The maximum atomic E-state index is 11.7. The van der Waals surface area contributed by atoms with Crippen molar-refractivity contribution in [2.24, 2.45) is 0 Å². The minimum Gasteiger partial charge on any atom is -0.487 e. The van der Waals surface area contributed by atoms with Crippen molar-refractivity contribution < 1.29 is 23.8 Å². The summed E-state index contributed by atoms with van der Waals surface area (Å²) in [5.41, 5.74) is 3.75. The molecular formula is C25H28N2O5. The van der Waals surface area contributed by atoms with E-state index in [0.29, 0.717) is 30.0 Å². The standard InChI is InChI=1S/C25H28N2O5/c1-25(2,3)22-14-20(16-32-21-12-10-19(11-13-21)24(29)31-5)27(26-22)15-17-6-8-18(9-7-17)23(28)30-4/h6-14H,15-16H2,1-5H3. The molecule has 1 aromatic heterocycles. The van der Waals surface area contributed by atoms with Gasteiger partial charge in [-0.2, -0.15) is 5.10 Å². The van der Waals surface area contributed by atoms with Crippen molar-refractivity contribution >= 4 is 11.9 Å². The van der Waals surface area contributed by atoms with E-state index in [1.807, 2.05) is 22.9 Å². The average Bonchev–Trinajstić information content (AvgIpc) is 3.20. The first-order valence-electron chi connectivity index (χ1n) is 10.3. The summed E-state index contributed by atoms with van der Waals surface area (Å²) >= 11 is 0. The lowest BCUT2D eigenvalue weighted by Crippen LogP contribution is -2.13. The van der Waals surface area contributed by atoms with Gasteiger partial charge in [-0.3, -0.25) is 4.68 Å². The number of rotatable bonds is 7. The van der Waals surface area contributed by atoms with Gasteiger partial charge in [0.1, 0.15) is 12.4 Å². The first-order valence-corrected chi connectivity index (χ1v) is 10.3. The van der Waals surface area contributed by atoms with E-state index in [-0.39, 0.29) is 17.4 Å². The number of carbonyl (C=O) groups excluding carboxylic acids is 2. The van der Waals surface area contributed by atoms with Crippen LogP contribution in [-0.4, -0.2) is 35.9 Å². The van der Waals surface area contributed by atoms with Crippen LogP contribution in [0.25, 0.3) is 0 Å². The Morgan fingerprint density at radius 2 is 1.41 bits per heavy atom. The number of methoxy groups -OCH3 is 2. The number of esters is 2. The normalized spacial score (nSPS) is 11.2. The molecule has 0 fully saturated rings. The van der Waals surface area contributed by atoms with Crippen LogP contribution in [0, 0.1) is 0 Å². The maximum Gasteiger partial charge on any atom is 0.337 e. The van der Waals surface area contributed by atoms with Crippen molar-refractivity contribution in [3.63, 3.8) is 0 Å². The molecule has 0 bridgehead atoms. The lowest BCUT2D eigenvalue weighted by molar-refractivity contribution is 0.0592. The minimum absolute atomic E-state index is 0.114. The van der Waals surface area contributed by atoms with Crippen molar-refractivity contribution in [2.75, 3.05) is 14.2 Å². The average molecular weight is 437 g/mol. The highest BCUT2D eigenvalue weighted by atomic mass is 16.5. The van der Waals surface area contributed by atoms with Gasteiger partial charge >= 0.3 is 11.9 Å². The highest BCUT2D eigenvalue weighted by molar-refractivity contribution is 5.89. The molecule has 2 aromatic carbocycles. The van der Waals surface area contributed by atoms with Gasteiger partial charge in [-0.15, -0.1) is 0 Å². The predicted molar refractivity (Wildman–Crippen MR) is 120 cm³/mol. The van der Waals surface area contributed by atoms with Gasteiger partial charge in [0.25, 0.3) is 0 Å². The molecule has 0 amide bonds. The van der Waals surface area contributed by atoms with Crippen LogP contribution in [-0.2, 0) is 28.0 Å². The van der Waals surface area contributed by atoms with E-state index in [9.17, 15) is 9.59 Å². The van der Waals surface area contributed by atoms with E-state index < -0.39 is 0 Å². The molecule has 0 aliphatic rings. The van der Waals surface area contributed by atoms with Crippen molar-refractivity contribution in [2.45, 2.75) is 39.3 Å². The van der Waals surface area contributed by atoms with E-state index in [4.69, 9.17) is 19.3 Å². The van der Waals surface area contributed by atoms with E-state index in [1.54, 1.807) is 36.4 Å². The highest BCUT2D eigenvalue weighted by Crippen LogP contribution is 2.23. The molecule has 7 heteroatoms. The summed E-state index contributed by atoms with van der Waals surface area (Å²) in [7, 11) is 2.72. The van der Waals surface area contributed by atoms with Crippen molar-refractivity contribution in [1.82, 2.24) is 9.78 Å². The molecule has 0 aliphatic heterocycles. The molecule has 0 saturated carbocycles. The topological polar surface area (TPSA) is 79.7 Å². The fourth-order valence-corrected chi connectivity index (χ4v) is 3.07. The van der Waals surface area contributed by atoms with Crippen LogP contribution < -0.4 is 4.74 Å². The highest BCUT2D eigenvalue weighted by Gasteiger charge is 2.20. The van der Waals surface area contributed by atoms with Gasteiger partial charge < -0.3 is 14.2 Å². The zero-order valence-corrected chi connectivity index (χ0v) is 19.0. The maximum absolute atomic E-state index is 11.7. The van der Waals surface area contributed by atoms with E-state index in [1.165, 1.54) is 14.2 Å². The number of nitrogens with zero attached hydrogens (tertiary/aromatic N) is 2. The van der Waals surface area contributed by atoms with Gasteiger partial charge in [0.15, 0.2) is 0 Å². The Morgan fingerprint density at radius 1 is 0.875 bits per heavy atom. The van der Waals surface area contributed by atoms with Gasteiger partial charge in [-0.05, 0) is 48.0 Å². The van der Waals surface area contributed by atoms with Crippen LogP contribution >= 0.6 is 0 Å². The van der Waals surface area contributed by atoms with Crippen LogP contribution in [0.1, 0.15) is 58.4 Å². The van der Waals surface area contributed by atoms with E-state index in [2.05, 4.69) is 20.8 Å². The van der Waals surface area contributed by atoms with Crippen LogP contribution in [0.5, 0.6) is 5.75 Å².